The van der Waals surface area contributed by atoms with Gasteiger partial charge in [-0.25, -0.2) is 17.2 Å². The van der Waals surface area contributed by atoms with Crippen molar-refractivity contribution in [2.75, 3.05) is 0 Å². The molecule has 1 aliphatic rings. The average molecular weight is 513 g/mol. The number of aromatic nitrogens is 2. The highest BCUT2D eigenvalue weighted by Crippen LogP contribution is 2.42. The first-order valence-corrected chi connectivity index (χ1v) is 12.3. The summed E-state index contributed by atoms with van der Waals surface area (Å²) in [4.78, 5) is 3.59. The van der Waals surface area contributed by atoms with Gasteiger partial charge in [-0.05, 0) is 50.8 Å². The third-order valence-corrected chi connectivity index (χ3v) is 7.75. The molecule has 2 unspecified atom stereocenters. The summed E-state index contributed by atoms with van der Waals surface area (Å²) in [5.41, 5.74) is 0.871. The molecule has 35 heavy (non-hydrogen) atoms. The summed E-state index contributed by atoms with van der Waals surface area (Å²) in [6.45, 7) is 2.24. The van der Waals surface area contributed by atoms with E-state index in [2.05, 4.69) is 4.98 Å². The maximum atomic E-state index is 15.3. The van der Waals surface area contributed by atoms with Crippen molar-refractivity contribution in [3.05, 3.63) is 47.4 Å². The van der Waals surface area contributed by atoms with Crippen molar-refractivity contribution in [1.29, 1.82) is 5.26 Å². The number of nitrogens with zero attached hydrogens (tertiary/aromatic N) is 3. The maximum Gasteiger partial charge on any atom is 0.404 e. The molecule has 3 atom stereocenters. The number of benzene rings is 1. The predicted octanol–water partition coefficient (Wildman–Crippen LogP) is 5.31. The molecule has 12 heteroatoms. The molecule has 186 valence electrons. The Bertz CT molecular complexity index is 1430. The lowest BCUT2D eigenvalue weighted by Crippen LogP contribution is -2.42. The van der Waals surface area contributed by atoms with Crippen LogP contribution in [0.25, 0.3) is 22.3 Å². The lowest BCUT2D eigenvalue weighted by atomic mass is 10.1. The van der Waals surface area contributed by atoms with Gasteiger partial charge >= 0.3 is 6.18 Å². The zero-order valence-corrected chi connectivity index (χ0v) is 19.5. The van der Waals surface area contributed by atoms with Crippen molar-refractivity contribution < 1.29 is 30.4 Å². The van der Waals surface area contributed by atoms with E-state index >= 15 is 4.39 Å². The summed E-state index contributed by atoms with van der Waals surface area (Å²) < 4.78 is 95.7. The summed E-state index contributed by atoms with van der Waals surface area (Å²) in [6, 6.07) is 4.69. The van der Waals surface area contributed by atoms with Crippen LogP contribution < -0.4 is 4.72 Å². The van der Waals surface area contributed by atoms with E-state index in [-0.39, 0.29) is 35.3 Å². The van der Waals surface area contributed by atoms with E-state index in [1.165, 1.54) is 12.1 Å². The van der Waals surface area contributed by atoms with E-state index in [1.807, 2.05) is 6.07 Å². The number of sulfonamides is 1. The van der Waals surface area contributed by atoms with E-state index in [4.69, 9.17) is 0 Å². The van der Waals surface area contributed by atoms with Gasteiger partial charge in [0.15, 0.2) is 0 Å². The predicted molar refractivity (Wildman–Crippen MR) is 118 cm³/mol. The van der Waals surface area contributed by atoms with Gasteiger partial charge < -0.3 is 4.57 Å². The number of fused-ring (bicyclic) bond motifs is 1. The Kier molecular flexibility index (Phi) is 6.36. The second kappa shape index (κ2) is 8.87. The third-order valence-electron chi connectivity index (χ3n) is 6.23. The number of hydrogen-bond donors (Lipinski definition) is 1. The summed E-state index contributed by atoms with van der Waals surface area (Å²) >= 11 is 0. The van der Waals surface area contributed by atoms with Gasteiger partial charge in [0, 0.05) is 17.6 Å². The summed E-state index contributed by atoms with van der Waals surface area (Å²) in [6.07, 6.45) is -4.21. The molecule has 1 saturated carbocycles. The zero-order chi connectivity index (χ0) is 25.7. The number of nitriles is 1. The van der Waals surface area contributed by atoms with Crippen LogP contribution >= 0.6 is 0 Å². The van der Waals surface area contributed by atoms with Gasteiger partial charge in [0.1, 0.15) is 29.0 Å². The van der Waals surface area contributed by atoms with Crippen LogP contribution in [-0.4, -0.2) is 36.4 Å². The molecule has 1 N–H and O–H groups in total. The Morgan fingerprint density at radius 2 is 1.94 bits per heavy atom. The molecular weight excluding hydrogens is 491 g/mol. The first-order chi connectivity index (χ1) is 16.3. The number of halogens is 5. The topological polar surface area (TPSA) is 87.8 Å². The van der Waals surface area contributed by atoms with Gasteiger partial charge in [-0.1, -0.05) is 12.1 Å². The SMILES string of the molecule is Cc1ccc2c(C#N)c(-c3ccc(S(=O)(=O)N[C@@H](C)C(F)(F)F)cn3)n(C3CCC(F)C3)c2c1F. The van der Waals surface area contributed by atoms with Crippen LogP contribution in [-0.2, 0) is 10.0 Å². The number of hydrogen-bond acceptors (Lipinski definition) is 4. The third kappa shape index (κ3) is 4.50. The number of rotatable bonds is 5. The molecule has 1 aliphatic carbocycles. The highest BCUT2D eigenvalue weighted by molar-refractivity contribution is 7.89. The minimum Gasteiger partial charge on any atom is -0.332 e. The highest BCUT2D eigenvalue weighted by Gasteiger charge is 2.39. The molecule has 0 radical (unpaired) electrons. The van der Waals surface area contributed by atoms with E-state index in [0.29, 0.717) is 24.3 Å². The fraction of sp³-hybridized carbons (Fsp3) is 0.391. The number of nitrogens with one attached hydrogen (secondary N) is 1. The molecule has 4 rings (SSSR count). The summed E-state index contributed by atoms with van der Waals surface area (Å²) in [5.74, 6) is -0.558. The monoisotopic (exact) mass is 512 g/mol. The molecule has 0 bridgehead atoms. The molecule has 0 amide bonds. The summed E-state index contributed by atoms with van der Waals surface area (Å²) in [5, 5.41) is 10.2. The summed E-state index contributed by atoms with van der Waals surface area (Å²) in [7, 11) is -4.54. The molecule has 1 aromatic carbocycles. The smallest absolute Gasteiger partial charge is 0.332 e. The van der Waals surface area contributed by atoms with E-state index in [0.717, 1.165) is 12.3 Å². The van der Waals surface area contributed by atoms with Crippen molar-refractivity contribution in [3.63, 3.8) is 0 Å². The van der Waals surface area contributed by atoms with Crippen LogP contribution in [0.15, 0.2) is 35.4 Å². The Labute approximate surface area is 198 Å². The first-order valence-electron chi connectivity index (χ1n) is 10.8. The molecule has 6 nitrogen and oxygen atoms in total. The molecule has 0 aliphatic heterocycles. The van der Waals surface area contributed by atoms with Crippen LogP contribution in [0.3, 0.4) is 0 Å². The fourth-order valence-corrected chi connectivity index (χ4v) is 5.55. The van der Waals surface area contributed by atoms with Crippen molar-refractivity contribution in [3.8, 4) is 17.5 Å². The van der Waals surface area contributed by atoms with Gasteiger partial charge in [-0.2, -0.15) is 23.2 Å². The number of alkyl halides is 4. The second-order valence-electron chi connectivity index (χ2n) is 8.63. The molecule has 0 spiro atoms. The fourth-order valence-electron chi connectivity index (χ4n) is 4.38. The van der Waals surface area contributed by atoms with Crippen LogP contribution in [0.2, 0.25) is 0 Å². The zero-order valence-electron chi connectivity index (χ0n) is 18.7. The Morgan fingerprint density at radius 1 is 1.23 bits per heavy atom. The van der Waals surface area contributed by atoms with Crippen molar-refractivity contribution in [1.82, 2.24) is 14.3 Å². The van der Waals surface area contributed by atoms with Crippen molar-refractivity contribution in [2.45, 2.75) is 62.4 Å². The molecule has 3 aromatic rings. The number of aryl methyl sites for hydroxylation is 1. The van der Waals surface area contributed by atoms with Crippen LogP contribution in [0, 0.1) is 24.1 Å². The van der Waals surface area contributed by atoms with Gasteiger partial charge in [-0.3, -0.25) is 4.98 Å². The van der Waals surface area contributed by atoms with Gasteiger partial charge in [-0.15, -0.1) is 0 Å². The van der Waals surface area contributed by atoms with Gasteiger partial charge in [0.05, 0.1) is 22.5 Å². The van der Waals surface area contributed by atoms with Gasteiger partial charge in [0.25, 0.3) is 0 Å². The highest BCUT2D eigenvalue weighted by atomic mass is 32.2. The minimum absolute atomic E-state index is 0.0909. The van der Waals surface area contributed by atoms with Crippen LogP contribution in [0.5, 0.6) is 0 Å². The molecule has 1 fully saturated rings. The molecule has 2 heterocycles. The first kappa shape index (κ1) is 25.1. The number of pyridine rings is 1. The molecule has 0 saturated heterocycles. The second-order valence-corrected chi connectivity index (χ2v) is 10.3. The quantitative estimate of drug-likeness (QED) is 0.469. The largest absolute Gasteiger partial charge is 0.404 e. The van der Waals surface area contributed by atoms with Crippen LogP contribution in [0.1, 0.15) is 43.4 Å². The van der Waals surface area contributed by atoms with Crippen molar-refractivity contribution >= 4 is 20.9 Å². The molecule has 2 aromatic heterocycles. The minimum atomic E-state index is -4.78. The normalized spacial score (nSPS) is 19.7. The Balaban J connectivity index is 1.86. The van der Waals surface area contributed by atoms with Crippen LogP contribution in [0.4, 0.5) is 22.0 Å². The van der Waals surface area contributed by atoms with Gasteiger partial charge in [0.2, 0.25) is 10.0 Å². The lowest BCUT2D eigenvalue weighted by molar-refractivity contribution is -0.147. The van der Waals surface area contributed by atoms with E-state index in [9.17, 15) is 31.2 Å². The lowest BCUT2D eigenvalue weighted by Gasteiger charge is -2.19. The Hall–Kier alpha value is -3.04. The van der Waals surface area contributed by atoms with Crippen molar-refractivity contribution in [2.24, 2.45) is 0 Å². The Morgan fingerprint density at radius 3 is 2.49 bits per heavy atom. The average Bonchev–Trinajstić information content (AvgIpc) is 3.36. The maximum absolute atomic E-state index is 15.3. The molecular formula is C23H21F5N4O2S. The van der Waals surface area contributed by atoms with E-state index in [1.54, 1.807) is 22.3 Å². The standard InChI is InChI=1S/C23H21F5N4O2S/c1-12-3-7-17-18(10-29)21(32(22(17)20(12)25)15-5-4-14(24)9-15)19-8-6-16(11-30-19)35(33,34)31-13(2)23(26,27)28/h3,6-8,11,13-15,31H,4-5,9H2,1-2H3/t13-,14?,15?/m0/s1. The van der Waals surface area contributed by atoms with E-state index < -0.39 is 45.2 Å².